The molecule has 6 nitrogen and oxygen atoms in total. The maximum atomic E-state index is 13.8. The number of morpholine rings is 1. The Morgan fingerprint density at radius 1 is 1.22 bits per heavy atom. The molecular weight excluding hydrogens is 424 g/mol. The van der Waals surface area contributed by atoms with Gasteiger partial charge in [-0.3, -0.25) is 4.79 Å². The summed E-state index contributed by atoms with van der Waals surface area (Å²) in [7, 11) is 0. The van der Waals surface area contributed by atoms with Crippen molar-refractivity contribution >= 4 is 29.0 Å². The SMILES string of the molecule is CC(C)N(Cc1ccccc1)C(=O)c1cnc(N2CCOCC2)nc1C1=C(Cl)CCC=C1. The summed E-state index contributed by atoms with van der Waals surface area (Å²) in [5, 5.41) is 0.729. The van der Waals surface area contributed by atoms with Crippen LogP contribution in [0.25, 0.3) is 5.57 Å². The van der Waals surface area contributed by atoms with Crippen LogP contribution in [0.4, 0.5) is 5.95 Å². The van der Waals surface area contributed by atoms with Crippen LogP contribution in [0.5, 0.6) is 0 Å². The molecule has 1 amide bonds. The van der Waals surface area contributed by atoms with Gasteiger partial charge in [0.05, 0.1) is 24.5 Å². The zero-order valence-electron chi connectivity index (χ0n) is 18.6. The van der Waals surface area contributed by atoms with Crippen LogP contribution in [-0.4, -0.2) is 53.1 Å². The molecule has 1 aromatic carbocycles. The average Bonchev–Trinajstić information content (AvgIpc) is 2.83. The zero-order chi connectivity index (χ0) is 22.5. The molecule has 0 atom stereocenters. The Morgan fingerprint density at radius 3 is 2.66 bits per heavy atom. The van der Waals surface area contributed by atoms with E-state index in [0.717, 1.165) is 42.1 Å². The van der Waals surface area contributed by atoms with Crippen LogP contribution in [0.2, 0.25) is 0 Å². The largest absolute Gasteiger partial charge is 0.378 e. The normalized spacial score (nSPS) is 16.6. The predicted octanol–water partition coefficient (Wildman–Crippen LogP) is 4.66. The summed E-state index contributed by atoms with van der Waals surface area (Å²) in [4.78, 5) is 27.1. The van der Waals surface area contributed by atoms with Crippen molar-refractivity contribution in [2.75, 3.05) is 31.2 Å². The topological polar surface area (TPSA) is 58.6 Å². The van der Waals surface area contributed by atoms with Crippen LogP contribution in [0.3, 0.4) is 0 Å². The highest BCUT2D eigenvalue weighted by Crippen LogP contribution is 2.32. The van der Waals surface area contributed by atoms with E-state index < -0.39 is 0 Å². The van der Waals surface area contributed by atoms with Gasteiger partial charge < -0.3 is 14.5 Å². The summed E-state index contributed by atoms with van der Waals surface area (Å²) < 4.78 is 5.46. The van der Waals surface area contributed by atoms with Gasteiger partial charge in [-0.1, -0.05) is 54.1 Å². The molecule has 2 aromatic rings. The number of nitrogens with zero attached hydrogens (tertiary/aromatic N) is 4. The Morgan fingerprint density at radius 2 is 1.97 bits per heavy atom. The number of amides is 1. The first kappa shape index (κ1) is 22.5. The van der Waals surface area contributed by atoms with E-state index >= 15 is 0 Å². The molecule has 1 aliphatic carbocycles. The molecule has 168 valence electrons. The standard InChI is InChI=1S/C25H29ClN4O2/c1-18(2)30(17-19-8-4-3-5-9-19)24(31)21-16-27-25(29-12-14-32-15-13-29)28-23(21)20-10-6-7-11-22(20)26/h3-6,8-10,16,18H,7,11-15,17H2,1-2H3. The molecule has 7 heteroatoms. The third kappa shape index (κ3) is 5.03. The lowest BCUT2D eigenvalue weighted by molar-refractivity contribution is 0.0689. The summed E-state index contributed by atoms with van der Waals surface area (Å²) in [6.45, 7) is 7.29. The van der Waals surface area contributed by atoms with Crippen LogP contribution < -0.4 is 4.90 Å². The van der Waals surface area contributed by atoms with Gasteiger partial charge in [0.15, 0.2) is 0 Å². The number of aromatic nitrogens is 2. The smallest absolute Gasteiger partial charge is 0.258 e. The monoisotopic (exact) mass is 452 g/mol. The number of rotatable bonds is 6. The van der Waals surface area contributed by atoms with Gasteiger partial charge in [0, 0.05) is 42.5 Å². The summed E-state index contributed by atoms with van der Waals surface area (Å²) in [5.74, 6) is 0.512. The molecule has 4 rings (SSSR count). The Balaban J connectivity index is 1.74. The molecule has 1 aromatic heterocycles. The highest BCUT2D eigenvalue weighted by molar-refractivity contribution is 6.33. The number of hydrogen-bond acceptors (Lipinski definition) is 5. The minimum absolute atomic E-state index is 0.0147. The Labute approximate surface area is 194 Å². The molecule has 32 heavy (non-hydrogen) atoms. The maximum Gasteiger partial charge on any atom is 0.258 e. The van der Waals surface area contributed by atoms with Gasteiger partial charge in [0.1, 0.15) is 0 Å². The number of ether oxygens (including phenoxy) is 1. The van der Waals surface area contributed by atoms with Crippen molar-refractivity contribution in [3.8, 4) is 0 Å². The Bertz CT molecular complexity index is 1010. The first-order chi connectivity index (χ1) is 15.5. The van der Waals surface area contributed by atoms with Gasteiger partial charge in [-0.05, 0) is 32.3 Å². The number of hydrogen-bond donors (Lipinski definition) is 0. The number of halogens is 1. The van der Waals surface area contributed by atoms with E-state index in [1.807, 2.05) is 55.2 Å². The molecule has 2 aliphatic rings. The van der Waals surface area contributed by atoms with Crippen LogP contribution in [0.1, 0.15) is 48.3 Å². The fourth-order valence-electron chi connectivity index (χ4n) is 3.92. The molecule has 0 radical (unpaired) electrons. The van der Waals surface area contributed by atoms with Gasteiger partial charge in [-0.15, -0.1) is 0 Å². The number of carbonyl (C=O) groups is 1. The van der Waals surface area contributed by atoms with Gasteiger partial charge >= 0.3 is 0 Å². The molecule has 1 aliphatic heterocycles. The number of anilines is 1. The molecule has 0 unspecified atom stereocenters. The predicted molar refractivity (Wildman–Crippen MR) is 128 cm³/mol. The van der Waals surface area contributed by atoms with E-state index in [9.17, 15) is 4.79 Å². The van der Waals surface area contributed by atoms with E-state index in [4.69, 9.17) is 21.3 Å². The quantitative estimate of drug-likeness (QED) is 0.637. The van der Waals surface area contributed by atoms with Crippen molar-refractivity contribution in [2.24, 2.45) is 0 Å². The zero-order valence-corrected chi connectivity index (χ0v) is 19.4. The van der Waals surface area contributed by atoms with Gasteiger partial charge in [0.2, 0.25) is 5.95 Å². The van der Waals surface area contributed by atoms with Crippen LogP contribution in [0.15, 0.2) is 53.7 Å². The van der Waals surface area contributed by atoms with E-state index in [1.165, 1.54) is 0 Å². The lowest BCUT2D eigenvalue weighted by atomic mass is 9.99. The molecule has 2 heterocycles. The maximum absolute atomic E-state index is 13.8. The first-order valence-corrected chi connectivity index (χ1v) is 11.5. The van der Waals surface area contributed by atoms with Crippen molar-refractivity contribution < 1.29 is 9.53 Å². The molecule has 0 saturated carbocycles. The lowest BCUT2D eigenvalue weighted by Gasteiger charge is -2.29. The Hall–Kier alpha value is -2.70. The average molecular weight is 453 g/mol. The van der Waals surface area contributed by atoms with Crippen molar-refractivity contribution in [1.82, 2.24) is 14.9 Å². The molecule has 1 fully saturated rings. The van der Waals surface area contributed by atoms with Gasteiger partial charge in [0.25, 0.3) is 5.91 Å². The van der Waals surface area contributed by atoms with Gasteiger partial charge in [-0.2, -0.15) is 0 Å². The highest BCUT2D eigenvalue weighted by Gasteiger charge is 2.27. The van der Waals surface area contributed by atoms with Crippen molar-refractivity contribution in [3.05, 3.63) is 70.5 Å². The number of benzene rings is 1. The van der Waals surface area contributed by atoms with Crippen molar-refractivity contribution in [1.29, 1.82) is 0 Å². The molecule has 1 saturated heterocycles. The summed E-state index contributed by atoms with van der Waals surface area (Å²) in [6, 6.07) is 10.0. The van der Waals surface area contributed by atoms with Crippen molar-refractivity contribution in [2.45, 2.75) is 39.3 Å². The third-order valence-electron chi connectivity index (χ3n) is 5.74. The molecular formula is C25H29ClN4O2. The lowest BCUT2D eigenvalue weighted by Crippen LogP contribution is -2.39. The van der Waals surface area contributed by atoms with Crippen LogP contribution in [0, 0.1) is 0 Å². The second-order valence-electron chi connectivity index (χ2n) is 8.30. The fraction of sp³-hybridized carbons (Fsp3) is 0.400. The van der Waals surface area contributed by atoms with E-state index in [1.54, 1.807) is 6.20 Å². The summed E-state index contributed by atoms with van der Waals surface area (Å²) >= 11 is 6.61. The molecule has 0 N–H and O–H groups in total. The molecule has 0 spiro atoms. The fourth-order valence-corrected chi connectivity index (χ4v) is 4.18. The summed E-state index contributed by atoms with van der Waals surface area (Å²) in [6.07, 6.45) is 7.35. The van der Waals surface area contributed by atoms with Crippen molar-refractivity contribution in [3.63, 3.8) is 0 Å². The first-order valence-electron chi connectivity index (χ1n) is 11.1. The Kier molecular flexibility index (Phi) is 7.22. The van der Waals surface area contributed by atoms with Crippen LogP contribution >= 0.6 is 11.6 Å². The third-order valence-corrected chi connectivity index (χ3v) is 6.14. The number of carbonyl (C=O) groups excluding carboxylic acids is 1. The second-order valence-corrected chi connectivity index (χ2v) is 8.76. The minimum Gasteiger partial charge on any atom is -0.378 e. The molecule has 0 bridgehead atoms. The highest BCUT2D eigenvalue weighted by atomic mass is 35.5. The van der Waals surface area contributed by atoms with Gasteiger partial charge in [-0.25, -0.2) is 9.97 Å². The minimum atomic E-state index is -0.0941. The van der Waals surface area contributed by atoms with E-state index in [-0.39, 0.29) is 11.9 Å². The van der Waals surface area contributed by atoms with E-state index in [0.29, 0.717) is 37.0 Å². The summed E-state index contributed by atoms with van der Waals surface area (Å²) in [5.41, 5.74) is 2.97. The van der Waals surface area contributed by atoms with Crippen LogP contribution in [-0.2, 0) is 11.3 Å². The second kappa shape index (κ2) is 10.3. The number of allylic oxidation sites excluding steroid dienone is 4. The van der Waals surface area contributed by atoms with E-state index in [2.05, 4.69) is 16.0 Å².